The second kappa shape index (κ2) is 2.70. The molecule has 0 unspecified atom stereocenters. The number of aliphatic hydroxyl groups is 1. The Bertz CT molecular complexity index is 215. The molecular formula is C9H12O2. The lowest BCUT2D eigenvalue weighted by atomic mass is 10.2. The van der Waals surface area contributed by atoms with Crippen molar-refractivity contribution in [3.05, 3.63) is 24.2 Å². The van der Waals surface area contributed by atoms with Crippen LogP contribution in [0.3, 0.4) is 0 Å². The Morgan fingerprint density at radius 1 is 1.64 bits per heavy atom. The first-order valence-electron chi connectivity index (χ1n) is 4.06. The first-order chi connectivity index (χ1) is 5.42. The molecular weight excluding hydrogens is 140 g/mol. The molecule has 1 aliphatic rings. The summed E-state index contributed by atoms with van der Waals surface area (Å²) in [6, 6.07) is 3.94. The van der Waals surface area contributed by atoms with Crippen LogP contribution in [0.5, 0.6) is 0 Å². The third-order valence-corrected chi connectivity index (χ3v) is 2.33. The molecule has 0 bridgehead atoms. The van der Waals surface area contributed by atoms with Crippen molar-refractivity contribution < 1.29 is 9.52 Å². The summed E-state index contributed by atoms with van der Waals surface area (Å²) in [5, 5.41) is 8.66. The standard InChI is InChI=1S/C9H12O2/c10-4-3-7-6-8(7)9-2-1-5-11-9/h1-2,5,7-8,10H,3-4,6H2/t7-,8+/m0/s1. The summed E-state index contributed by atoms with van der Waals surface area (Å²) < 4.78 is 5.25. The van der Waals surface area contributed by atoms with E-state index in [-0.39, 0.29) is 0 Å². The smallest absolute Gasteiger partial charge is 0.107 e. The monoisotopic (exact) mass is 152 g/mol. The number of rotatable bonds is 3. The van der Waals surface area contributed by atoms with Gasteiger partial charge in [-0.1, -0.05) is 0 Å². The third kappa shape index (κ3) is 1.31. The topological polar surface area (TPSA) is 33.4 Å². The van der Waals surface area contributed by atoms with Gasteiger partial charge in [0, 0.05) is 12.5 Å². The highest BCUT2D eigenvalue weighted by Gasteiger charge is 2.39. The van der Waals surface area contributed by atoms with Crippen LogP contribution in [0.2, 0.25) is 0 Å². The van der Waals surface area contributed by atoms with Gasteiger partial charge in [0.15, 0.2) is 0 Å². The molecule has 0 saturated heterocycles. The van der Waals surface area contributed by atoms with Crippen molar-refractivity contribution in [2.24, 2.45) is 5.92 Å². The summed E-state index contributed by atoms with van der Waals surface area (Å²) in [6.07, 6.45) is 3.82. The molecule has 0 radical (unpaired) electrons. The van der Waals surface area contributed by atoms with E-state index in [1.165, 1.54) is 6.42 Å². The fourth-order valence-electron chi connectivity index (χ4n) is 1.58. The van der Waals surface area contributed by atoms with Crippen LogP contribution in [-0.2, 0) is 0 Å². The molecule has 2 nitrogen and oxygen atoms in total. The maximum absolute atomic E-state index is 8.66. The third-order valence-electron chi connectivity index (χ3n) is 2.33. The Balaban J connectivity index is 1.92. The largest absolute Gasteiger partial charge is 0.469 e. The van der Waals surface area contributed by atoms with Gasteiger partial charge in [0.05, 0.1) is 6.26 Å². The molecule has 1 aromatic heterocycles. The van der Waals surface area contributed by atoms with E-state index in [1.54, 1.807) is 6.26 Å². The first-order valence-corrected chi connectivity index (χ1v) is 4.06. The zero-order chi connectivity index (χ0) is 7.68. The van der Waals surface area contributed by atoms with Gasteiger partial charge < -0.3 is 9.52 Å². The zero-order valence-corrected chi connectivity index (χ0v) is 6.36. The molecule has 60 valence electrons. The summed E-state index contributed by atoms with van der Waals surface area (Å²) in [4.78, 5) is 0. The van der Waals surface area contributed by atoms with E-state index in [9.17, 15) is 0 Å². The lowest BCUT2D eigenvalue weighted by Gasteiger charge is -1.92. The van der Waals surface area contributed by atoms with Crippen molar-refractivity contribution in [1.82, 2.24) is 0 Å². The van der Waals surface area contributed by atoms with E-state index in [1.807, 2.05) is 12.1 Å². The second-order valence-electron chi connectivity index (χ2n) is 3.13. The van der Waals surface area contributed by atoms with Crippen LogP contribution in [0.1, 0.15) is 24.5 Å². The lowest BCUT2D eigenvalue weighted by molar-refractivity contribution is 0.278. The van der Waals surface area contributed by atoms with E-state index in [4.69, 9.17) is 9.52 Å². The van der Waals surface area contributed by atoms with Gasteiger partial charge in [0.1, 0.15) is 5.76 Å². The minimum Gasteiger partial charge on any atom is -0.469 e. The van der Waals surface area contributed by atoms with Gasteiger partial charge in [0.2, 0.25) is 0 Å². The summed E-state index contributed by atoms with van der Waals surface area (Å²) in [5.41, 5.74) is 0. The zero-order valence-electron chi connectivity index (χ0n) is 6.36. The summed E-state index contributed by atoms with van der Waals surface area (Å²) in [5.74, 6) is 2.35. The molecule has 1 aromatic rings. The molecule has 1 saturated carbocycles. The van der Waals surface area contributed by atoms with Crippen molar-refractivity contribution in [3.63, 3.8) is 0 Å². The first kappa shape index (κ1) is 6.92. The second-order valence-corrected chi connectivity index (χ2v) is 3.13. The molecule has 0 aromatic carbocycles. The van der Waals surface area contributed by atoms with Crippen LogP contribution < -0.4 is 0 Å². The fraction of sp³-hybridized carbons (Fsp3) is 0.556. The van der Waals surface area contributed by atoms with Gasteiger partial charge >= 0.3 is 0 Å². The highest BCUT2D eigenvalue weighted by atomic mass is 16.3. The van der Waals surface area contributed by atoms with Crippen LogP contribution in [0, 0.1) is 5.92 Å². The summed E-state index contributed by atoms with van der Waals surface area (Å²) in [6.45, 7) is 0.307. The average Bonchev–Trinajstić information content (AvgIpc) is 2.61. The molecule has 2 atom stereocenters. The van der Waals surface area contributed by atoms with Crippen molar-refractivity contribution in [2.45, 2.75) is 18.8 Å². The molecule has 0 aliphatic heterocycles. The highest BCUT2D eigenvalue weighted by Crippen LogP contribution is 2.49. The van der Waals surface area contributed by atoms with Gasteiger partial charge in [-0.2, -0.15) is 0 Å². The molecule has 11 heavy (non-hydrogen) atoms. The van der Waals surface area contributed by atoms with Gasteiger partial charge in [0.25, 0.3) is 0 Å². The van der Waals surface area contributed by atoms with E-state index >= 15 is 0 Å². The molecule has 0 amide bonds. The minimum absolute atomic E-state index is 0.307. The maximum atomic E-state index is 8.66. The van der Waals surface area contributed by atoms with Crippen LogP contribution >= 0.6 is 0 Å². The SMILES string of the molecule is OCC[C@H]1C[C@H]1c1ccco1. The van der Waals surface area contributed by atoms with Crippen LogP contribution in [0.25, 0.3) is 0 Å². The van der Waals surface area contributed by atoms with Crippen molar-refractivity contribution >= 4 is 0 Å². The molecule has 0 spiro atoms. The quantitative estimate of drug-likeness (QED) is 0.716. The van der Waals surface area contributed by atoms with Crippen molar-refractivity contribution in [3.8, 4) is 0 Å². The molecule has 1 aliphatic carbocycles. The number of hydrogen-bond donors (Lipinski definition) is 1. The lowest BCUT2D eigenvalue weighted by Crippen LogP contribution is -1.86. The highest BCUT2D eigenvalue weighted by molar-refractivity contribution is 5.14. The Hall–Kier alpha value is -0.760. The van der Waals surface area contributed by atoms with Gasteiger partial charge in [-0.25, -0.2) is 0 Å². The molecule has 1 heterocycles. The van der Waals surface area contributed by atoms with E-state index < -0.39 is 0 Å². The van der Waals surface area contributed by atoms with E-state index in [0.717, 1.165) is 12.2 Å². The molecule has 1 N–H and O–H groups in total. The predicted octanol–water partition coefficient (Wildman–Crippen LogP) is 1.77. The normalized spacial score (nSPS) is 28.8. The van der Waals surface area contributed by atoms with Gasteiger partial charge in [-0.05, 0) is 30.9 Å². The van der Waals surface area contributed by atoms with Crippen LogP contribution in [-0.4, -0.2) is 11.7 Å². The maximum Gasteiger partial charge on any atom is 0.107 e. The molecule has 1 fully saturated rings. The van der Waals surface area contributed by atoms with Crippen molar-refractivity contribution in [1.29, 1.82) is 0 Å². The van der Waals surface area contributed by atoms with Gasteiger partial charge in [-0.3, -0.25) is 0 Å². The van der Waals surface area contributed by atoms with Crippen LogP contribution in [0.15, 0.2) is 22.8 Å². The number of furan rings is 1. The Morgan fingerprint density at radius 2 is 2.55 bits per heavy atom. The predicted molar refractivity (Wildman–Crippen MR) is 41.3 cm³/mol. The van der Waals surface area contributed by atoms with Crippen molar-refractivity contribution in [2.75, 3.05) is 6.61 Å². The Kier molecular flexibility index (Phi) is 1.70. The Morgan fingerprint density at radius 3 is 3.18 bits per heavy atom. The average molecular weight is 152 g/mol. The summed E-state index contributed by atoms with van der Waals surface area (Å²) in [7, 11) is 0. The fourth-order valence-corrected chi connectivity index (χ4v) is 1.58. The van der Waals surface area contributed by atoms with Crippen LogP contribution in [0.4, 0.5) is 0 Å². The van der Waals surface area contributed by atoms with E-state index in [0.29, 0.717) is 18.4 Å². The van der Waals surface area contributed by atoms with E-state index in [2.05, 4.69) is 0 Å². The molecule has 2 rings (SSSR count). The number of aliphatic hydroxyl groups excluding tert-OH is 1. The van der Waals surface area contributed by atoms with Gasteiger partial charge in [-0.15, -0.1) is 0 Å². The molecule has 2 heteroatoms. The minimum atomic E-state index is 0.307. The Labute approximate surface area is 65.8 Å². The summed E-state index contributed by atoms with van der Waals surface area (Å²) >= 11 is 0. The number of hydrogen-bond acceptors (Lipinski definition) is 2.